The predicted molar refractivity (Wildman–Crippen MR) is 89.9 cm³/mol. The topological polar surface area (TPSA) is 116 Å². The predicted octanol–water partition coefficient (Wildman–Crippen LogP) is 1.34. The van der Waals surface area contributed by atoms with Crippen molar-refractivity contribution in [3.63, 3.8) is 0 Å². The number of aryl methyl sites for hydroxylation is 1. The van der Waals surface area contributed by atoms with Crippen molar-refractivity contribution in [2.24, 2.45) is 0 Å². The van der Waals surface area contributed by atoms with Crippen LogP contribution >= 0.6 is 0 Å². The van der Waals surface area contributed by atoms with Crippen LogP contribution in [0.1, 0.15) is 12.5 Å². The minimum absolute atomic E-state index is 0.0121. The van der Waals surface area contributed by atoms with Crippen LogP contribution in [0.2, 0.25) is 0 Å². The minimum Gasteiger partial charge on any atom is -0.479 e. The van der Waals surface area contributed by atoms with Gasteiger partial charge in [0, 0.05) is 6.92 Å². The van der Waals surface area contributed by atoms with Crippen molar-refractivity contribution in [3.05, 3.63) is 36.2 Å². The van der Waals surface area contributed by atoms with Crippen LogP contribution in [-0.2, 0) is 14.8 Å². The van der Waals surface area contributed by atoms with E-state index in [1.54, 1.807) is 12.1 Å². The highest BCUT2D eigenvalue weighted by molar-refractivity contribution is 7.90. The summed E-state index contributed by atoms with van der Waals surface area (Å²) >= 11 is 0. The summed E-state index contributed by atoms with van der Waals surface area (Å²) < 4.78 is 31.9. The standard InChI is InChI=1S/C15H15N5O4S/c1-9-4-6-11(7-5-9)25(22,23)20-8-16-13-12(20)14(24-3)19-15(18-13)17-10(2)21/h4-8H,1-3H3,(H,17,18,19,21). The lowest BCUT2D eigenvalue weighted by atomic mass is 10.2. The largest absolute Gasteiger partial charge is 0.479 e. The molecule has 1 N–H and O–H groups in total. The number of imidazole rings is 1. The molecule has 10 heteroatoms. The van der Waals surface area contributed by atoms with E-state index in [1.807, 2.05) is 6.92 Å². The molecular weight excluding hydrogens is 346 g/mol. The molecule has 0 fully saturated rings. The first-order valence-corrected chi connectivity index (χ1v) is 8.66. The van der Waals surface area contributed by atoms with Crippen LogP contribution in [0.3, 0.4) is 0 Å². The highest BCUT2D eigenvalue weighted by Crippen LogP contribution is 2.27. The fourth-order valence-corrected chi connectivity index (χ4v) is 3.51. The first-order valence-electron chi connectivity index (χ1n) is 7.22. The van der Waals surface area contributed by atoms with E-state index < -0.39 is 10.0 Å². The van der Waals surface area contributed by atoms with Crippen LogP contribution in [0.15, 0.2) is 35.5 Å². The Bertz CT molecular complexity index is 1060. The molecule has 2 aromatic heterocycles. The van der Waals surface area contributed by atoms with E-state index in [-0.39, 0.29) is 33.8 Å². The number of ether oxygens (including phenoxy) is 1. The molecule has 1 amide bonds. The van der Waals surface area contributed by atoms with Gasteiger partial charge in [-0.05, 0) is 19.1 Å². The highest BCUT2D eigenvalue weighted by Gasteiger charge is 2.24. The fourth-order valence-electron chi connectivity index (χ4n) is 2.23. The smallest absolute Gasteiger partial charge is 0.269 e. The number of nitrogens with one attached hydrogen (secondary N) is 1. The van der Waals surface area contributed by atoms with Crippen LogP contribution in [0, 0.1) is 6.92 Å². The zero-order chi connectivity index (χ0) is 18.2. The molecule has 0 unspecified atom stereocenters. The number of carbonyl (C=O) groups is 1. The van der Waals surface area contributed by atoms with E-state index >= 15 is 0 Å². The molecule has 3 aromatic rings. The quantitative estimate of drug-likeness (QED) is 0.745. The Labute approximate surface area is 143 Å². The number of aromatic nitrogens is 4. The molecular formula is C15H15N5O4S. The summed E-state index contributed by atoms with van der Waals surface area (Å²) in [7, 11) is -2.56. The lowest BCUT2D eigenvalue weighted by Crippen LogP contribution is -2.14. The van der Waals surface area contributed by atoms with Gasteiger partial charge in [0.25, 0.3) is 10.0 Å². The molecule has 1 aromatic carbocycles. The number of carbonyl (C=O) groups excluding carboxylic acids is 1. The highest BCUT2D eigenvalue weighted by atomic mass is 32.2. The molecule has 0 saturated carbocycles. The van der Waals surface area contributed by atoms with Gasteiger partial charge in [-0.1, -0.05) is 17.7 Å². The van der Waals surface area contributed by atoms with Crippen molar-refractivity contribution in [2.75, 3.05) is 12.4 Å². The van der Waals surface area contributed by atoms with Crippen molar-refractivity contribution in [2.45, 2.75) is 18.7 Å². The van der Waals surface area contributed by atoms with E-state index in [9.17, 15) is 13.2 Å². The molecule has 2 heterocycles. The number of benzene rings is 1. The van der Waals surface area contributed by atoms with Gasteiger partial charge in [-0.2, -0.15) is 9.97 Å². The Morgan fingerprint density at radius 2 is 1.88 bits per heavy atom. The second-order valence-electron chi connectivity index (χ2n) is 5.27. The van der Waals surface area contributed by atoms with Gasteiger partial charge < -0.3 is 4.74 Å². The number of nitrogens with zero attached hydrogens (tertiary/aromatic N) is 4. The maximum atomic E-state index is 12.9. The van der Waals surface area contributed by atoms with Crippen LogP contribution in [0.5, 0.6) is 5.88 Å². The summed E-state index contributed by atoms with van der Waals surface area (Å²) in [5, 5.41) is 2.42. The molecule has 0 aliphatic rings. The molecule has 0 radical (unpaired) electrons. The molecule has 0 atom stereocenters. The summed E-state index contributed by atoms with van der Waals surface area (Å²) in [6.07, 6.45) is 1.13. The van der Waals surface area contributed by atoms with Gasteiger partial charge in [-0.3, -0.25) is 10.1 Å². The maximum absolute atomic E-state index is 12.9. The van der Waals surface area contributed by atoms with Gasteiger partial charge in [-0.15, -0.1) is 0 Å². The van der Waals surface area contributed by atoms with Crippen LogP contribution in [0.4, 0.5) is 5.95 Å². The monoisotopic (exact) mass is 361 g/mol. The number of methoxy groups -OCH3 is 1. The summed E-state index contributed by atoms with van der Waals surface area (Å²) in [5.74, 6) is -0.398. The van der Waals surface area contributed by atoms with Gasteiger partial charge in [-0.25, -0.2) is 17.4 Å². The Morgan fingerprint density at radius 1 is 1.20 bits per heavy atom. The van der Waals surface area contributed by atoms with E-state index in [4.69, 9.17) is 4.74 Å². The number of hydrogen-bond acceptors (Lipinski definition) is 7. The lowest BCUT2D eigenvalue weighted by Gasteiger charge is -2.09. The van der Waals surface area contributed by atoms with Crippen molar-refractivity contribution < 1.29 is 17.9 Å². The third kappa shape index (κ3) is 3.03. The summed E-state index contributed by atoms with van der Waals surface area (Å²) in [4.78, 5) is 23.4. The van der Waals surface area contributed by atoms with Crippen LogP contribution in [0.25, 0.3) is 11.2 Å². The number of anilines is 1. The van der Waals surface area contributed by atoms with E-state index in [0.717, 1.165) is 15.9 Å². The van der Waals surface area contributed by atoms with Crippen LogP contribution < -0.4 is 10.1 Å². The Kier molecular flexibility index (Phi) is 4.13. The minimum atomic E-state index is -3.90. The maximum Gasteiger partial charge on any atom is 0.269 e. The van der Waals surface area contributed by atoms with Crippen molar-refractivity contribution in [1.82, 2.24) is 18.9 Å². The van der Waals surface area contributed by atoms with Crippen molar-refractivity contribution >= 4 is 33.0 Å². The Hall–Kier alpha value is -3.01. The van der Waals surface area contributed by atoms with E-state index in [1.165, 1.54) is 26.2 Å². The van der Waals surface area contributed by atoms with Crippen LogP contribution in [-0.4, -0.2) is 40.4 Å². The second-order valence-corrected chi connectivity index (χ2v) is 7.08. The molecule has 0 saturated heterocycles. The molecule has 25 heavy (non-hydrogen) atoms. The summed E-state index contributed by atoms with van der Waals surface area (Å²) in [6, 6.07) is 6.42. The van der Waals surface area contributed by atoms with Gasteiger partial charge >= 0.3 is 0 Å². The molecule has 9 nitrogen and oxygen atoms in total. The third-order valence-corrected chi connectivity index (χ3v) is 5.06. The van der Waals surface area contributed by atoms with Gasteiger partial charge in [0.15, 0.2) is 11.2 Å². The number of fused-ring (bicyclic) bond motifs is 1. The van der Waals surface area contributed by atoms with Crippen molar-refractivity contribution in [1.29, 1.82) is 0 Å². The molecule has 3 rings (SSSR count). The Morgan fingerprint density at radius 3 is 2.48 bits per heavy atom. The first kappa shape index (κ1) is 16.8. The van der Waals surface area contributed by atoms with Gasteiger partial charge in [0.05, 0.1) is 12.0 Å². The first-order chi connectivity index (χ1) is 11.8. The van der Waals surface area contributed by atoms with Gasteiger partial charge in [0.2, 0.25) is 17.7 Å². The average Bonchev–Trinajstić information content (AvgIpc) is 2.98. The number of amides is 1. The SMILES string of the molecule is COc1nc(NC(C)=O)nc2ncn(S(=O)(=O)c3ccc(C)cc3)c12. The zero-order valence-corrected chi connectivity index (χ0v) is 14.5. The molecule has 0 aliphatic heterocycles. The summed E-state index contributed by atoms with van der Waals surface area (Å²) in [5.41, 5.74) is 1.12. The molecule has 0 spiro atoms. The normalized spacial score (nSPS) is 11.5. The molecule has 0 aliphatic carbocycles. The molecule has 0 bridgehead atoms. The molecule has 130 valence electrons. The van der Waals surface area contributed by atoms with Crippen molar-refractivity contribution in [3.8, 4) is 5.88 Å². The summed E-state index contributed by atoms with van der Waals surface area (Å²) in [6.45, 7) is 3.17. The lowest BCUT2D eigenvalue weighted by molar-refractivity contribution is -0.114. The number of rotatable bonds is 4. The average molecular weight is 361 g/mol. The second kappa shape index (κ2) is 6.13. The zero-order valence-electron chi connectivity index (χ0n) is 13.7. The van der Waals surface area contributed by atoms with E-state index in [0.29, 0.717) is 0 Å². The fraction of sp³-hybridized carbons (Fsp3) is 0.200. The van der Waals surface area contributed by atoms with Gasteiger partial charge in [0.1, 0.15) is 6.33 Å². The third-order valence-electron chi connectivity index (χ3n) is 3.40. The van der Waals surface area contributed by atoms with E-state index in [2.05, 4.69) is 20.3 Å². The number of hydrogen-bond donors (Lipinski definition) is 1. The Balaban J connectivity index is 2.20.